The Morgan fingerprint density at radius 1 is 1.20 bits per heavy atom. The second-order valence-corrected chi connectivity index (χ2v) is 3.03. The Hall–Kier alpha value is -1.47. The summed E-state index contributed by atoms with van der Waals surface area (Å²) in [5.74, 6) is 1.68. The van der Waals surface area contributed by atoms with Crippen molar-refractivity contribution in [3.63, 3.8) is 0 Å². The molecule has 0 aliphatic heterocycles. The van der Waals surface area contributed by atoms with Crippen LogP contribution < -0.4 is 5.73 Å². The number of hydrogen-bond acceptors (Lipinski definition) is 1. The van der Waals surface area contributed by atoms with Crippen molar-refractivity contribution in [3.05, 3.63) is 35.1 Å². The summed E-state index contributed by atoms with van der Waals surface area (Å²) in [5.41, 5.74) is 5.29. The lowest BCUT2D eigenvalue weighted by atomic mass is 10.1. The summed E-state index contributed by atoms with van der Waals surface area (Å²) in [7, 11) is 0. The third-order valence-electron chi connectivity index (χ3n) is 1.84. The fourth-order valence-electron chi connectivity index (χ4n) is 0.891. The van der Waals surface area contributed by atoms with Crippen molar-refractivity contribution in [1.29, 1.82) is 0 Å². The minimum absolute atomic E-state index is 0.183. The molecular formula is C11H10F3N. The van der Waals surface area contributed by atoms with E-state index in [1.54, 1.807) is 0 Å². The molecule has 15 heavy (non-hydrogen) atoms. The summed E-state index contributed by atoms with van der Waals surface area (Å²) in [6, 6.07) is 0.800. The van der Waals surface area contributed by atoms with Gasteiger partial charge in [-0.25, -0.2) is 13.2 Å². The molecule has 0 aromatic heterocycles. The standard InChI is InChI=1S/C11H10F3N/c1-2-8(15)4-3-7-5-10(13)11(14)6-9(7)12/h5-6,8H,2,15H2,1H3. The van der Waals surface area contributed by atoms with Crippen molar-refractivity contribution < 1.29 is 13.2 Å². The summed E-state index contributed by atoms with van der Waals surface area (Å²) in [4.78, 5) is 0. The fraction of sp³-hybridized carbons (Fsp3) is 0.273. The van der Waals surface area contributed by atoms with Crippen LogP contribution in [0.25, 0.3) is 0 Å². The van der Waals surface area contributed by atoms with Crippen LogP contribution in [0.3, 0.4) is 0 Å². The van der Waals surface area contributed by atoms with Crippen LogP contribution in [0.2, 0.25) is 0 Å². The van der Waals surface area contributed by atoms with Gasteiger partial charge in [0.25, 0.3) is 0 Å². The topological polar surface area (TPSA) is 26.0 Å². The predicted octanol–water partition coefficient (Wildman–Crippen LogP) is 2.19. The summed E-state index contributed by atoms with van der Waals surface area (Å²) in [5, 5.41) is 0. The van der Waals surface area contributed by atoms with Gasteiger partial charge in [-0.15, -0.1) is 0 Å². The molecule has 80 valence electrons. The van der Waals surface area contributed by atoms with Crippen LogP contribution in [0.4, 0.5) is 13.2 Å². The van der Waals surface area contributed by atoms with Crippen molar-refractivity contribution in [2.24, 2.45) is 5.73 Å². The predicted molar refractivity (Wildman–Crippen MR) is 51.5 cm³/mol. The van der Waals surface area contributed by atoms with Crippen LogP contribution in [0.1, 0.15) is 18.9 Å². The van der Waals surface area contributed by atoms with Gasteiger partial charge in [0.05, 0.1) is 11.6 Å². The van der Waals surface area contributed by atoms with Gasteiger partial charge in [-0.1, -0.05) is 18.8 Å². The van der Waals surface area contributed by atoms with Crippen LogP contribution in [0, 0.1) is 29.3 Å². The van der Waals surface area contributed by atoms with E-state index in [1.165, 1.54) is 0 Å². The van der Waals surface area contributed by atoms with Gasteiger partial charge >= 0.3 is 0 Å². The number of halogens is 3. The quantitative estimate of drug-likeness (QED) is 0.561. The minimum atomic E-state index is -1.22. The maximum absolute atomic E-state index is 13.0. The average Bonchev–Trinajstić information content (AvgIpc) is 2.21. The molecule has 0 heterocycles. The van der Waals surface area contributed by atoms with Crippen molar-refractivity contribution in [2.45, 2.75) is 19.4 Å². The van der Waals surface area contributed by atoms with Gasteiger partial charge in [-0.3, -0.25) is 0 Å². The lowest BCUT2D eigenvalue weighted by Gasteiger charge is -1.98. The normalized spacial score (nSPS) is 11.8. The molecule has 0 aliphatic carbocycles. The number of hydrogen-bond donors (Lipinski definition) is 1. The van der Waals surface area contributed by atoms with Crippen LogP contribution in [-0.2, 0) is 0 Å². The lowest BCUT2D eigenvalue weighted by molar-refractivity contribution is 0.494. The molecule has 1 unspecified atom stereocenters. The fourth-order valence-corrected chi connectivity index (χ4v) is 0.891. The second kappa shape index (κ2) is 4.85. The molecule has 1 rings (SSSR count). The third-order valence-corrected chi connectivity index (χ3v) is 1.84. The van der Waals surface area contributed by atoms with E-state index in [1.807, 2.05) is 6.92 Å². The summed E-state index contributed by atoms with van der Waals surface area (Å²) in [6.45, 7) is 1.82. The summed E-state index contributed by atoms with van der Waals surface area (Å²) in [6.07, 6.45) is 0.609. The second-order valence-electron chi connectivity index (χ2n) is 3.03. The van der Waals surface area contributed by atoms with E-state index >= 15 is 0 Å². The maximum Gasteiger partial charge on any atom is 0.161 e. The molecule has 1 aromatic rings. The number of rotatable bonds is 1. The molecule has 0 fully saturated rings. The Kier molecular flexibility index (Phi) is 3.75. The number of nitrogens with two attached hydrogens (primary N) is 1. The molecule has 0 spiro atoms. The van der Waals surface area contributed by atoms with Gasteiger partial charge in [0, 0.05) is 6.07 Å². The molecule has 0 saturated heterocycles. The van der Waals surface area contributed by atoms with Crippen LogP contribution >= 0.6 is 0 Å². The van der Waals surface area contributed by atoms with Crippen LogP contribution in [-0.4, -0.2) is 6.04 Å². The zero-order chi connectivity index (χ0) is 11.4. The molecule has 0 amide bonds. The van der Waals surface area contributed by atoms with Crippen LogP contribution in [0.15, 0.2) is 12.1 Å². The smallest absolute Gasteiger partial charge is 0.161 e. The van der Waals surface area contributed by atoms with Gasteiger partial charge in [0.1, 0.15) is 5.82 Å². The van der Waals surface area contributed by atoms with Gasteiger partial charge in [-0.05, 0) is 12.5 Å². The number of benzene rings is 1. The van der Waals surface area contributed by atoms with Gasteiger partial charge < -0.3 is 5.73 Å². The van der Waals surface area contributed by atoms with E-state index in [9.17, 15) is 13.2 Å². The molecular weight excluding hydrogens is 203 g/mol. The molecule has 4 heteroatoms. The Morgan fingerprint density at radius 3 is 2.40 bits per heavy atom. The van der Waals surface area contributed by atoms with Crippen molar-refractivity contribution in [2.75, 3.05) is 0 Å². The van der Waals surface area contributed by atoms with Crippen molar-refractivity contribution in [1.82, 2.24) is 0 Å². The first kappa shape index (κ1) is 11.6. The maximum atomic E-state index is 13.0. The third kappa shape index (κ3) is 3.00. The Bertz CT molecular complexity index is 418. The molecule has 0 bridgehead atoms. The zero-order valence-corrected chi connectivity index (χ0v) is 8.15. The molecule has 0 radical (unpaired) electrons. The van der Waals surface area contributed by atoms with Crippen molar-refractivity contribution >= 4 is 0 Å². The average molecular weight is 213 g/mol. The highest BCUT2D eigenvalue weighted by Gasteiger charge is 2.07. The largest absolute Gasteiger partial charge is 0.318 e. The Balaban J connectivity index is 3.04. The van der Waals surface area contributed by atoms with Crippen molar-refractivity contribution in [3.8, 4) is 11.8 Å². The summed E-state index contributed by atoms with van der Waals surface area (Å²) >= 11 is 0. The van der Waals surface area contributed by atoms with E-state index < -0.39 is 23.5 Å². The molecule has 0 saturated carbocycles. The summed E-state index contributed by atoms with van der Waals surface area (Å²) < 4.78 is 38.3. The molecule has 2 N–H and O–H groups in total. The molecule has 1 nitrogen and oxygen atoms in total. The zero-order valence-electron chi connectivity index (χ0n) is 8.15. The highest BCUT2D eigenvalue weighted by molar-refractivity contribution is 5.37. The Morgan fingerprint density at radius 2 is 1.80 bits per heavy atom. The van der Waals surface area contributed by atoms with E-state index in [4.69, 9.17) is 5.73 Å². The Labute approximate surface area is 86.1 Å². The van der Waals surface area contributed by atoms with E-state index in [-0.39, 0.29) is 5.56 Å². The van der Waals surface area contributed by atoms with E-state index in [0.29, 0.717) is 12.5 Å². The lowest BCUT2D eigenvalue weighted by Crippen LogP contribution is -2.15. The minimum Gasteiger partial charge on any atom is -0.318 e. The first-order valence-corrected chi connectivity index (χ1v) is 4.46. The molecule has 1 atom stereocenters. The monoisotopic (exact) mass is 213 g/mol. The first-order valence-electron chi connectivity index (χ1n) is 4.46. The molecule has 0 aliphatic rings. The highest BCUT2D eigenvalue weighted by Crippen LogP contribution is 2.12. The first-order chi connectivity index (χ1) is 7.04. The van der Waals surface area contributed by atoms with Crippen LogP contribution in [0.5, 0.6) is 0 Å². The van der Waals surface area contributed by atoms with Gasteiger partial charge in [-0.2, -0.15) is 0 Å². The van der Waals surface area contributed by atoms with Gasteiger partial charge in [0.15, 0.2) is 11.6 Å². The molecule has 1 aromatic carbocycles. The SMILES string of the molecule is CCC(N)C#Cc1cc(F)c(F)cc1F. The van der Waals surface area contributed by atoms with Gasteiger partial charge in [0.2, 0.25) is 0 Å². The van der Waals surface area contributed by atoms with E-state index in [2.05, 4.69) is 11.8 Å². The highest BCUT2D eigenvalue weighted by atomic mass is 19.2. The van der Waals surface area contributed by atoms with E-state index in [0.717, 1.165) is 6.07 Å².